The van der Waals surface area contributed by atoms with Crippen molar-refractivity contribution in [3.05, 3.63) is 63.9 Å². The molecule has 0 fully saturated rings. The van der Waals surface area contributed by atoms with Gasteiger partial charge >= 0.3 is 6.18 Å². The van der Waals surface area contributed by atoms with Crippen molar-refractivity contribution < 1.29 is 13.2 Å². The Morgan fingerprint density at radius 1 is 1.09 bits per heavy atom. The molecule has 1 heterocycles. The minimum absolute atomic E-state index is 0.118. The number of benzene rings is 2. The molecule has 2 aromatic carbocycles. The lowest BCUT2D eigenvalue weighted by atomic mass is 10.1. The topological polar surface area (TPSA) is 45.8 Å². The van der Waals surface area contributed by atoms with Gasteiger partial charge in [0.05, 0.1) is 16.5 Å². The van der Waals surface area contributed by atoms with Crippen LogP contribution in [0.25, 0.3) is 22.3 Å². The molecule has 3 nitrogen and oxygen atoms in total. The Balaban J connectivity index is 2.19. The van der Waals surface area contributed by atoms with Gasteiger partial charge in [0.1, 0.15) is 5.82 Å². The Morgan fingerprint density at radius 3 is 2.59 bits per heavy atom. The predicted molar refractivity (Wildman–Crippen MR) is 77.5 cm³/mol. The largest absolute Gasteiger partial charge is 0.416 e. The first kappa shape index (κ1) is 14.3. The minimum atomic E-state index is -4.44. The van der Waals surface area contributed by atoms with Gasteiger partial charge in [-0.15, -0.1) is 0 Å². The molecule has 3 rings (SSSR count). The van der Waals surface area contributed by atoms with Crippen LogP contribution in [0.3, 0.4) is 0 Å². The van der Waals surface area contributed by atoms with Crippen LogP contribution in [0.4, 0.5) is 13.2 Å². The molecule has 0 bridgehead atoms. The van der Waals surface area contributed by atoms with Crippen molar-refractivity contribution in [2.45, 2.75) is 13.1 Å². The molecule has 1 aromatic heterocycles. The molecule has 0 amide bonds. The van der Waals surface area contributed by atoms with E-state index >= 15 is 0 Å². The Morgan fingerprint density at radius 2 is 1.86 bits per heavy atom. The van der Waals surface area contributed by atoms with Crippen LogP contribution < -0.4 is 5.56 Å². The van der Waals surface area contributed by atoms with Crippen molar-refractivity contribution >= 4 is 10.9 Å². The van der Waals surface area contributed by atoms with E-state index in [1.54, 1.807) is 18.2 Å². The first-order valence-electron chi connectivity index (χ1n) is 6.53. The lowest BCUT2D eigenvalue weighted by molar-refractivity contribution is -0.137. The molecular formula is C16H11F3N2O. The third-order valence-corrected chi connectivity index (χ3v) is 3.32. The number of hydrogen-bond acceptors (Lipinski definition) is 2. The van der Waals surface area contributed by atoms with Crippen LogP contribution in [0.15, 0.2) is 47.3 Å². The number of aromatic nitrogens is 2. The number of H-pyrrole nitrogens is 1. The lowest BCUT2D eigenvalue weighted by Gasteiger charge is -2.09. The second-order valence-electron chi connectivity index (χ2n) is 5.01. The summed E-state index contributed by atoms with van der Waals surface area (Å²) < 4.78 is 38.3. The van der Waals surface area contributed by atoms with Crippen molar-refractivity contribution in [1.29, 1.82) is 0 Å². The fraction of sp³-hybridized carbons (Fsp3) is 0.125. The average molecular weight is 304 g/mol. The summed E-state index contributed by atoms with van der Waals surface area (Å²) in [6.07, 6.45) is -4.44. The smallest absolute Gasteiger partial charge is 0.306 e. The monoisotopic (exact) mass is 304 g/mol. The van der Waals surface area contributed by atoms with Gasteiger partial charge < -0.3 is 4.98 Å². The molecule has 0 unspecified atom stereocenters. The van der Waals surface area contributed by atoms with Crippen molar-refractivity contribution in [1.82, 2.24) is 9.97 Å². The van der Waals surface area contributed by atoms with E-state index in [0.717, 1.165) is 17.7 Å². The molecule has 0 spiro atoms. The van der Waals surface area contributed by atoms with E-state index in [4.69, 9.17) is 0 Å². The molecule has 0 aliphatic rings. The van der Waals surface area contributed by atoms with Crippen LogP contribution in [0, 0.1) is 6.92 Å². The maximum absolute atomic E-state index is 12.8. The second-order valence-corrected chi connectivity index (χ2v) is 5.01. The molecule has 6 heteroatoms. The van der Waals surface area contributed by atoms with Gasteiger partial charge in [0.15, 0.2) is 0 Å². The van der Waals surface area contributed by atoms with E-state index in [-0.39, 0.29) is 16.9 Å². The van der Waals surface area contributed by atoms with E-state index in [1.165, 1.54) is 12.1 Å². The number of alkyl halides is 3. The zero-order valence-electron chi connectivity index (χ0n) is 11.5. The fourth-order valence-electron chi connectivity index (χ4n) is 2.23. The van der Waals surface area contributed by atoms with E-state index in [9.17, 15) is 18.0 Å². The number of nitrogens with zero attached hydrogens (tertiary/aromatic N) is 1. The highest BCUT2D eigenvalue weighted by Crippen LogP contribution is 2.31. The first-order chi connectivity index (χ1) is 10.3. The number of aromatic amines is 1. The number of rotatable bonds is 1. The third kappa shape index (κ3) is 2.59. The average Bonchev–Trinajstić information content (AvgIpc) is 2.47. The maximum atomic E-state index is 12.8. The molecule has 1 N–H and O–H groups in total. The zero-order chi connectivity index (χ0) is 15.9. The van der Waals surface area contributed by atoms with Gasteiger partial charge in [-0.05, 0) is 31.2 Å². The predicted octanol–water partition coefficient (Wildman–Crippen LogP) is 3.92. The van der Waals surface area contributed by atoms with Gasteiger partial charge in [-0.2, -0.15) is 13.2 Å². The molecule has 0 aliphatic heterocycles. The van der Waals surface area contributed by atoms with Crippen molar-refractivity contribution in [3.8, 4) is 11.4 Å². The summed E-state index contributed by atoms with van der Waals surface area (Å²) in [5.74, 6) is 0.118. The Labute approximate surface area is 123 Å². The zero-order valence-corrected chi connectivity index (χ0v) is 11.5. The molecule has 0 aliphatic carbocycles. The summed E-state index contributed by atoms with van der Waals surface area (Å²) in [5, 5.41) is 0.413. The van der Waals surface area contributed by atoms with Gasteiger partial charge in [-0.25, -0.2) is 4.98 Å². The Kier molecular flexibility index (Phi) is 3.24. The number of hydrogen-bond donors (Lipinski definition) is 1. The summed E-state index contributed by atoms with van der Waals surface area (Å²) >= 11 is 0. The molecule has 22 heavy (non-hydrogen) atoms. The van der Waals surface area contributed by atoms with Crippen LogP contribution in [0.5, 0.6) is 0 Å². The van der Waals surface area contributed by atoms with Crippen LogP contribution in [-0.2, 0) is 6.18 Å². The van der Waals surface area contributed by atoms with Gasteiger partial charge in [-0.3, -0.25) is 4.79 Å². The standard InChI is InChI=1S/C16H11F3N2O/c1-9-5-6-13-12(7-9)15(22)21-14(20-13)10-3-2-4-11(8-10)16(17,18)19/h2-8H,1H3,(H,20,21,22). The summed E-state index contributed by atoms with van der Waals surface area (Å²) in [5.41, 5.74) is 0.417. The maximum Gasteiger partial charge on any atom is 0.416 e. The highest BCUT2D eigenvalue weighted by molar-refractivity contribution is 5.80. The molecule has 0 saturated carbocycles. The molecule has 3 aromatic rings. The summed E-state index contributed by atoms with van der Waals surface area (Å²) in [4.78, 5) is 18.9. The van der Waals surface area contributed by atoms with Crippen molar-refractivity contribution in [2.75, 3.05) is 0 Å². The van der Waals surface area contributed by atoms with Crippen molar-refractivity contribution in [3.63, 3.8) is 0 Å². The van der Waals surface area contributed by atoms with E-state index < -0.39 is 11.7 Å². The third-order valence-electron chi connectivity index (χ3n) is 3.32. The van der Waals surface area contributed by atoms with Gasteiger partial charge in [0.2, 0.25) is 0 Å². The molecular weight excluding hydrogens is 293 g/mol. The van der Waals surface area contributed by atoms with E-state index in [2.05, 4.69) is 9.97 Å². The Hall–Kier alpha value is -2.63. The van der Waals surface area contributed by atoms with Gasteiger partial charge in [0.25, 0.3) is 5.56 Å². The summed E-state index contributed by atoms with van der Waals surface area (Å²) in [7, 11) is 0. The summed E-state index contributed by atoms with van der Waals surface area (Å²) in [6.45, 7) is 1.85. The van der Waals surface area contributed by atoms with Crippen LogP contribution in [0.1, 0.15) is 11.1 Å². The van der Waals surface area contributed by atoms with E-state index in [0.29, 0.717) is 10.9 Å². The first-order valence-corrected chi connectivity index (χ1v) is 6.53. The highest BCUT2D eigenvalue weighted by atomic mass is 19.4. The normalized spacial score (nSPS) is 11.8. The second kappa shape index (κ2) is 4.98. The lowest BCUT2D eigenvalue weighted by Crippen LogP contribution is -2.10. The Bertz CT molecular complexity index is 913. The highest BCUT2D eigenvalue weighted by Gasteiger charge is 2.30. The number of fused-ring (bicyclic) bond motifs is 1. The number of aryl methyl sites for hydroxylation is 1. The number of halogens is 3. The SMILES string of the molecule is Cc1ccc2nc(-c3cccc(C(F)(F)F)c3)[nH]c(=O)c2c1. The van der Waals surface area contributed by atoms with Gasteiger partial charge in [0, 0.05) is 5.56 Å². The van der Waals surface area contributed by atoms with Crippen molar-refractivity contribution in [2.24, 2.45) is 0 Å². The minimum Gasteiger partial charge on any atom is -0.306 e. The molecule has 0 saturated heterocycles. The fourth-order valence-corrected chi connectivity index (χ4v) is 2.23. The molecule has 0 atom stereocenters. The van der Waals surface area contributed by atoms with E-state index in [1.807, 2.05) is 6.92 Å². The summed E-state index contributed by atoms with van der Waals surface area (Å²) in [6, 6.07) is 9.88. The van der Waals surface area contributed by atoms with Crippen LogP contribution in [0.2, 0.25) is 0 Å². The van der Waals surface area contributed by atoms with Gasteiger partial charge in [-0.1, -0.05) is 23.8 Å². The quantitative estimate of drug-likeness (QED) is 0.740. The van der Waals surface area contributed by atoms with Crippen LogP contribution in [-0.4, -0.2) is 9.97 Å². The van der Waals surface area contributed by atoms with Crippen LogP contribution >= 0.6 is 0 Å². The molecule has 112 valence electrons. The molecule has 0 radical (unpaired) electrons. The number of nitrogens with one attached hydrogen (secondary N) is 1.